The number of hydrogen-bond acceptors (Lipinski definition) is 7. The number of nitrogen functional groups attached to an aromatic ring is 1. The number of rotatable bonds is 6. The minimum Gasteiger partial charge on any atom is -0.368 e. The molecule has 5 N–H and O–H groups in total. The normalized spacial score (nSPS) is 14.9. The molecule has 1 aromatic carbocycles. The van der Waals surface area contributed by atoms with E-state index in [0.29, 0.717) is 23.9 Å². The fourth-order valence-electron chi connectivity index (χ4n) is 3.97. The number of thiophene rings is 1. The lowest BCUT2D eigenvalue weighted by Crippen LogP contribution is -2.28. The Morgan fingerprint density at radius 3 is 2.63 bits per heavy atom. The van der Waals surface area contributed by atoms with Gasteiger partial charge in [-0.3, -0.25) is 0 Å². The van der Waals surface area contributed by atoms with Gasteiger partial charge in [-0.05, 0) is 65.4 Å². The lowest BCUT2D eigenvalue weighted by atomic mass is 9.94. The molecule has 0 aliphatic carbocycles. The molecular formula is C22H25N7S. The number of aromatic amines is 1. The first-order valence-corrected chi connectivity index (χ1v) is 11.3. The molecule has 0 spiro atoms. The highest BCUT2D eigenvalue weighted by atomic mass is 32.1. The van der Waals surface area contributed by atoms with E-state index in [2.05, 4.69) is 66.7 Å². The number of aromatic nitrogens is 4. The Morgan fingerprint density at radius 1 is 1.03 bits per heavy atom. The average molecular weight is 420 g/mol. The Morgan fingerprint density at radius 2 is 1.87 bits per heavy atom. The maximum Gasteiger partial charge on any atom is 0.224 e. The minimum atomic E-state index is 0.245. The third kappa shape index (κ3) is 4.15. The smallest absolute Gasteiger partial charge is 0.224 e. The predicted molar refractivity (Wildman–Crippen MR) is 122 cm³/mol. The van der Waals surface area contributed by atoms with E-state index < -0.39 is 0 Å². The van der Waals surface area contributed by atoms with Gasteiger partial charge in [-0.2, -0.15) is 21.3 Å². The fourth-order valence-corrected chi connectivity index (χ4v) is 4.64. The number of H-pyrrole nitrogens is 1. The average Bonchev–Trinajstić information content (AvgIpc) is 3.43. The van der Waals surface area contributed by atoms with Crippen LogP contribution in [0.25, 0.3) is 22.3 Å². The van der Waals surface area contributed by atoms with Gasteiger partial charge in [0.15, 0.2) is 17.0 Å². The van der Waals surface area contributed by atoms with Gasteiger partial charge in [0.25, 0.3) is 0 Å². The Labute approximate surface area is 179 Å². The number of nitrogens with one attached hydrogen (secondary N) is 3. The fraction of sp³-hybridized carbons (Fsp3) is 0.318. The summed E-state index contributed by atoms with van der Waals surface area (Å²) in [6, 6.07) is 10.7. The summed E-state index contributed by atoms with van der Waals surface area (Å²) >= 11 is 1.71. The van der Waals surface area contributed by atoms with E-state index in [1.165, 1.54) is 29.5 Å². The van der Waals surface area contributed by atoms with E-state index in [-0.39, 0.29) is 5.95 Å². The molecule has 1 aliphatic rings. The van der Waals surface area contributed by atoms with Crippen LogP contribution in [0.15, 0.2) is 41.1 Å². The second kappa shape index (κ2) is 8.41. The highest BCUT2D eigenvalue weighted by Crippen LogP contribution is 2.24. The van der Waals surface area contributed by atoms with Gasteiger partial charge < -0.3 is 21.4 Å². The summed E-state index contributed by atoms with van der Waals surface area (Å²) in [4.78, 5) is 16.9. The first-order chi connectivity index (χ1) is 14.7. The van der Waals surface area contributed by atoms with Crippen molar-refractivity contribution < 1.29 is 0 Å². The molecule has 1 saturated heterocycles. The SMILES string of the molecule is Nc1nc(NCc2ccc(-c3ccsc3)cc2)c2nc(CC3CCNCC3)[nH]c2n1. The number of piperidine rings is 1. The van der Waals surface area contributed by atoms with Crippen molar-refractivity contribution in [2.75, 3.05) is 24.1 Å². The molecule has 1 fully saturated rings. The van der Waals surface area contributed by atoms with E-state index >= 15 is 0 Å². The zero-order valence-electron chi connectivity index (χ0n) is 16.7. The molecule has 8 heteroatoms. The van der Waals surface area contributed by atoms with Crippen LogP contribution in [0.3, 0.4) is 0 Å². The zero-order chi connectivity index (χ0) is 20.3. The maximum absolute atomic E-state index is 5.94. The number of benzene rings is 1. The summed E-state index contributed by atoms with van der Waals surface area (Å²) in [5.74, 6) is 2.53. The van der Waals surface area contributed by atoms with Crippen molar-refractivity contribution in [3.05, 3.63) is 52.5 Å². The van der Waals surface area contributed by atoms with E-state index in [4.69, 9.17) is 10.7 Å². The Balaban J connectivity index is 1.32. The molecule has 7 nitrogen and oxygen atoms in total. The second-order valence-electron chi connectivity index (χ2n) is 7.77. The Kier molecular flexibility index (Phi) is 5.33. The first-order valence-electron chi connectivity index (χ1n) is 10.3. The topological polar surface area (TPSA) is 105 Å². The van der Waals surface area contributed by atoms with Crippen molar-refractivity contribution in [2.24, 2.45) is 5.92 Å². The third-order valence-electron chi connectivity index (χ3n) is 5.62. The standard InChI is InChI=1S/C22H25N7S/c23-22-28-20(25-12-15-1-3-16(4-2-15)17-7-10-30-13-17)19-21(29-22)27-18(26-19)11-14-5-8-24-9-6-14/h1-4,7,10,13-14,24H,5-6,8-9,11-12H2,(H4,23,25,26,27,28,29). The molecule has 0 bridgehead atoms. The van der Waals surface area contributed by atoms with Crippen LogP contribution in [0, 0.1) is 5.92 Å². The summed E-state index contributed by atoms with van der Waals surface area (Å²) in [6.07, 6.45) is 3.29. The van der Waals surface area contributed by atoms with Crippen molar-refractivity contribution in [1.29, 1.82) is 0 Å². The van der Waals surface area contributed by atoms with Crippen LogP contribution < -0.4 is 16.4 Å². The van der Waals surface area contributed by atoms with E-state index in [1.807, 2.05) is 0 Å². The van der Waals surface area contributed by atoms with Gasteiger partial charge in [-0.15, -0.1) is 0 Å². The van der Waals surface area contributed by atoms with Crippen molar-refractivity contribution in [2.45, 2.75) is 25.8 Å². The summed E-state index contributed by atoms with van der Waals surface area (Å²) < 4.78 is 0. The van der Waals surface area contributed by atoms with Gasteiger partial charge in [0.1, 0.15) is 5.82 Å². The largest absolute Gasteiger partial charge is 0.368 e. The lowest BCUT2D eigenvalue weighted by Gasteiger charge is -2.21. The number of nitrogens with two attached hydrogens (primary N) is 1. The van der Waals surface area contributed by atoms with Gasteiger partial charge >= 0.3 is 0 Å². The minimum absolute atomic E-state index is 0.245. The molecule has 3 aromatic heterocycles. The van der Waals surface area contributed by atoms with Crippen molar-refractivity contribution >= 4 is 34.3 Å². The van der Waals surface area contributed by atoms with E-state index in [0.717, 1.165) is 30.9 Å². The number of hydrogen-bond donors (Lipinski definition) is 4. The van der Waals surface area contributed by atoms with Crippen molar-refractivity contribution in [1.82, 2.24) is 25.3 Å². The summed E-state index contributed by atoms with van der Waals surface area (Å²) in [7, 11) is 0. The van der Waals surface area contributed by atoms with Gasteiger partial charge in [0.2, 0.25) is 5.95 Å². The molecule has 0 saturated carbocycles. The van der Waals surface area contributed by atoms with Gasteiger partial charge in [-0.1, -0.05) is 24.3 Å². The summed E-state index contributed by atoms with van der Waals surface area (Å²) in [5, 5.41) is 11.1. The maximum atomic E-state index is 5.94. The second-order valence-corrected chi connectivity index (χ2v) is 8.55. The number of anilines is 2. The summed E-state index contributed by atoms with van der Waals surface area (Å²) in [5.41, 5.74) is 11.0. The van der Waals surface area contributed by atoms with E-state index in [1.54, 1.807) is 11.3 Å². The highest BCUT2D eigenvalue weighted by molar-refractivity contribution is 7.08. The first kappa shape index (κ1) is 19.0. The predicted octanol–water partition coefficient (Wildman–Crippen LogP) is 3.82. The van der Waals surface area contributed by atoms with E-state index in [9.17, 15) is 0 Å². The van der Waals surface area contributed by atoms with Crippen LogP contribution in [-0.4, -0.2) is 33.0 Å². The quantitative estimate of drug-likeness (QED) is 0.379. The molecule has 4 heterocycles. The van der Waals surface area contributed by atoms with Crippen LogP contribution in [-0.2, 0) is 13.0 Å². The molecule has 30 heavy (non-hydrogen) atoms. The molecule has 1 aliphatic heterocycles. The van der Waals surface area contributed by atoms with Crippen LogP contribution in [0.2, 0.25) is 0 Å². The Bertz CT molecular complexity index is 1110. The lowest BCUT2D eigenvalue weighted by molar-refractivity contribution is 0.368. The van der Waals surface area contributed by atoms with Gasteiger partial charge in [-0.25, -0.2) is 4.98 Å². The Hall–Kier alpha value is -2.97. The summed E-state index contributed by atoms with van der Waals surface area (Å²) in [6.45, 7) is 2.80. The molecule has 5 rings (SSSR count). The highest BCUT2D eigenvalue weighted by Gasteiger charge is 2.17. The van der Waals surface area contributed by atoms with Crippen LogP contribution in [0.1, 0.15) is 24.2 Å². The zero-order valence-corrected chi connectivity index (χ0v) is 17.5. The molecule has 0 radical (unpaired) electrons. The molecule has 4 aromatic rings. The number of fused-ring (bicyclic) bond motifs is 1. The van der Waals surface area contributed by atoms with Crippen LogP contribution in [0.4, 0.5) is 11.8 Å². The third-order valence-corrected chi connectivity index (χ3v) is 6.30. The number of nitrogens with zero attached hydrogens (tertiary/aromatic N) is 3. The molecule has 0 atom stereocenters. The monoisotopic (exact) mass is 419 g/mol. The van der Waals surface area contributed by atoms with Crippen LogP contribution >= 0.6 is 11.3 Å². The van der Waals surface area contributed by atoms with Gasteiger partial charge in [0, 0.05) is 13.0 Å². The van der Waals surface area contributed by atoms with Crippen molar-refractivity contribution in [3.63, 3.8) is 0 Å². The number of imidazole rings is 1. The molecule has 0 unspecified atom stereocenters. The van der Waals surface area contributed by atoms with Gasteiger partial charge in [0.05, 0.1) is 0 Å². The van der Waals surface area contributed by atoms with Crippen molar-refractivity contribution in [3.8, 4) is 11.1 Å². The molecule has 154 valence electrons. The van der Waals surface area contributed by atoms with Crippen LogP contribution in [0.5, 0.6) is 0 Å². The molecular weight excluding hydrogens is 394 g/mol. The molecule has 0 amide bonds.